The van der Waals surface area contributed by atoms with E-state index in [1.54, 1.807) is 13.0 Å². The Bertz CT molecular complexity index is 505. The second-order valence-electron chi connectivity index (χ2n) is 5.45. The van der Waals surface area contributed by atoms with Crippen molar-refractivity contribution in [1.29, 1.82) is 0 Å². The van der Waals surface area contributed by atoms with Crippen LogP contribution in [0.4, 0.5) is 0 Å². The van der Waals surface area contributed by atoms with E-state index >= 15 is 0 Å². The molecule has 0 atom stereocenters. The average Bonchev–Trinajstić information content (AvgIpc) is 2.38. The molecule has 0 saturated carbocycles. The van der Waals surface area contributed by atoms with E-state index in [2.05, 4.69) is 61.0 Å². The maximum absolute atomic E-state index is 11.2. The first kappa shape index (κ1) is 16.7. The summed E-state index contributed by atoms with van der Waals surface area (Å²) in [5.74, 6) is -0.327. The highest BCUT2D eigenvalue weighted by Crippen LogP contribution is 2.26. The summed E-state index contributed by atoms with van der Waals surface area (Å²) in [6.45, 7) is 8.75. The number of hydrogen-bond donors (Lipinski definition) is 0. The Labute approximate surface area is 129 Å². The largest absolute Gasteiger partial charge is 0.463 e. The van der Waals surface area contributed by atoms with Crippen LogP contribution in [-0.2, 0) is 14.9 Å². The normalized spacial score (nSPS) is 12.8. The summed E-state index contributed by atoms with van der Waals surface area (Å²) in [5.41, 5.74) is 2.52. The van der Waals surface area contributed by atoms with Crippen molar-refractivity contribution in [2.24, 2.45) is 0 Å². The predicted molar refractivity (Wildman–Crippen MR) is 87.8 cm³/mol. The first-order valence-electron chi connectivity index (χ1n) is 6.66. The highest BCUT2D eigenvalue weighted by atomic mass is 79.9. The Hall–Kier alpha value is -1.35. The van der Waals surface area contributed by atoms with E-state index in [1.165, 1.54) is 11.6 Å². The molecule has 0 N–H and O–H groups in total. The summed E-state index contributed by atoms with van der Waals surface area (Å²) < 4.78 is 5.74. The highest BCUT2D eigenvalue weighted by molar-refractivity contribution is 9.15. The summed E-state index contributed by atoms with van der Waals surface area (Å²) in [5, 5.41) is 0. The minimum Gasteiger partial charge on any atom is -0.463 e. The number of halogens is 1. The molecular formula is C17H21BrO2. The fourth-order valence-electron chi connectivity index (χ4n) is 1.63. The van der Waals surface area contributed by atoms with Gasteiger partial charge in [0.15, 0.2) is 0 Å². The van der Waals surface area contributed by atoms with Crippen LogP contribution in [-0.4, -0.2) is 12.6 Å². The third-order valence-electron chi connectivity index (χ3n) is 2.79. The van der Waals surface area contributed by atoms with E-state index < -0.39 is 0 Å². The third-order valence-corrected chi connectivity index (χ3v) is 3.51. The van der Waals surface area contributed by atoms with Gasteiger partial charge in [-0.15, -0.1) is 0 Å². The molecule has 0 saturated heterocycles. The third kappa shape index (κ3) is 5.33. The molecule has 3 heteroatoms. The van der Waals surface area contributed by atoms with E-state index in [4.69, 9.17) is 4.74 Å². The van der Waals surface area contributed by atoms with E-state index in [9.17, 15) is 4.79 Å². The quantitative estimate of drug-likeness (QED) is 0.446. The lowest BCUT2D eigenvalue weighted by molar-refractivity contribution is -0.137. The number of carbonyl (C=O) groups excluding carboxylic acids is 1. The second-order valence-corrected chi connectivity index (χ2v) is 6.31. The molecule has 1 aromatic rings. The van der Waals surface area contributed by atoms with Crippen molar-refractivity contribution in [3.63, 3.8) is 0 Å². The van der Waals surface area contributed by atoms with Crippen molar-refractivity contribution in [3.8, 4) is 0 Å². The molecule has 1 aromatic carbocycles. The van der Waals surface area contributed by atoms with Gasteiger partial charge in [0.25, 0.3) is 0 Å². The number of rotatable bonds is 4. The molecule has 0 amide bonds. The van der Waals surface area contributed by atoms with Crippen molar-refractivity contribution >= 4 is 26.4 Å². The van der Waals surface area contributed by atoms with Gasteiger partial charge in [0, 0.05) is 10.6 Å². The van der Waals surface area contributed by atoms with Gasteiger partial charge in [-0.1, -0.05) is 67.0 Å². The van der Waals surface area contributed by atoms with Gasteiger partial charge in [0.1, 0.15) is 0 Å². The van der Waals surface area contributed by atoms with Crippen LogP contribution in [0.25, 0.3) is 4.48 Å². The first-order chi connectivity index (χ1) is 9.34. The molecule has 20 heavy (non-hydrogen) atoms. The summed E-state index contributed by atoms with van der Waals surface area (Å²) >= 11 is 3.51. The van der Waals surface area contributed by atoms with Gasteiger partial charge in [-0.05, 0) is 29.5 Å². The molecule has 108 valence electrons. The Morgan fingerprint density at radius 1 is 1.25 bits per heavy atom. The average molecular weight is 337 g/mol. The molecule has 2 nitrogen and oxygen atoms in total. The standard InChI is InChI=1S/C17H21BrO2/c1-5-20-16(19)8-6-7-15(18)13-9-11-14(12-10-13)17(2,3)4/h6-12H,5H2,1-4H3. The Balaban J connectivity index is 2.77. The van der Waals surface area contributed by atoms with Crippen molar-refractivity contribution in [3.05, 3.63) is 53.6 Å². The van der Waals surface area contributed by atoms with Crippen LogP contribution in [0, 0.1) is 0 Å². The maximum atomic E-state index is 11.2. The van der Waals surface area contributed by atoms with Gasteiger partial charge in [-0.25, -0.2) is 4.79 Å². The van der Waals surface area contributed by atoms with Crippen molar-refractivity contribution in [1.82, 2.24) is 0 Å². The van der Waals surface area contributed by atoms with Crippen LogP contribution in [0.1, 0.15) is 38.8 Å². The fourth-order valence-corrected chi connectivity index (χ4v) is 2.04. The van der Waals surface area contributed by atoms with E-state index in [0.717, 1.165) is 10.0 Å². The van der Waals surface area contributed by atoms with Crippen LogP contribution in [0.5, 0.6) is 0 Å². The first-order valence-corrected chi connectivity index (χ1v) is 7.45. The zero-order valence-electron chi connectivity index (χ0n) is 12.4. The summed E-state index contributed by atoms with van der Waals surface area (Å²) in [6.07, 6.45) is 4.93. The number of benzene rings is 1. The monoisotopic (exact) mass is 336 g/mol. The zero-order chi connectivity index (χ0) is 15.2. The van der Waals surface area contributed by atoms with Crippen LogP contribution in [0.2, 0.25) is 0 Å². The van der Waals surface area contributed by atoms with Crippen LogP contribution >= 0.6 is 15.9 Å². The molecule has 0 unspecified atom stereocenters. The number of carbonyl (C=O) groups is 1. The zero-order valence-corrected chi connectivity index (χ0v) is 14.0. The summed E-state index contributed by atoms with van der Waals surface area (Å²) in [7, 11) is 0. The Kier molecular flexibility index (Phi) is 6.21. The van der Waals surface area contributed by atoms with Gasteiger partial charge >= 0.3 is 5.97 Å². The number of hydrogen-bond acceptors (Lipinski definition) is 2. The molecular weight excluding hydrogens is 316 g/mol. The van der Waals surface area contributed by atoms with Crippen LogP contribution in [0.3, 0.4) is 0 Å². The predicted octanol–water partition coefficient (Wildman–Crippen LogP) is 4.84. The number of ether oxygens (including phenoxy) is 1. The molecule has 0 aliphatic heterocycles. The molecule has 0 heterocycles. The van der Waals surface area contributed by atoms with Gasteiger partial charge in [0.2, 0.25) is 0 Å². The fraction of sp³-hybridized carbons (Fsp3) is 0.353. The topological polar surface area (TPSA) is 26.3 Å². The number of allylic oxidation sites excluding steroid dienone is 2. The van der Waals surface area contributed by atoms with Gasteiger partial charge in [-0.3, -0.25) is 0 Å². The van der Waals surface area contributed by atoms with Crippen LogP contribution < -0.4 is 0 Å². The second kappa shape index (κ2) is 7.44. The number of esters is 1. The lowest BCUT2D eigenvalue weighted by Gasteiger charge is -2.19. The van der Waals surface area contributed by atoms with Gasteiger partial charge in [0.05, 0.1) is 6.61 Å². The lowest BCUT2D eigenvalue weighted by atomic mass is 9.87. The lowest BCUT2D eigenvalue weighted by Crippen LogP contribution is -2.10. The van der Waals surface area contributed by atoms with E-state index in [0.29, 0.717) is 6.61 Å². The molecule has 1 rings (SSSR count). The van der Waals surface area contributed by atoms with Gasteiger partial charge < -0.3 is 4.74 Å². The van der Waals surface area contributed by atoms with E-state index in [-0.39, 0.29) is 11.4 Å². The summed E-state index contributed by atoms with van der Waals surface area (Å²) in [6, 6.07) is 8.39. The Morgan fingerprint density at radius 2 is 1.85 bits per heavy atom. The minimum absolute atomic E-state index is 0.151. The molecule has 0 aliphatic carbocycles. The van der Waals surface area contributed by atoms with Gasteiger partial charge in [-0.2, -0.15) is 0 Å². The van der Waals surface area contributed by atoms with E-state index in [1.807, 2.05) is 6.08 Å². The maximum Gasteiger partial charge on any atom is 0.330 e. The summed E-state index contributed by atoms with van der Waals surface area (Å²) in [4.78, 5) is 11.2. The van der Waals surface area contributed by atoms with Crippen molar-refractivity contribution in [2.45, 2.75) is 33.1 Å². The SMILES string of the molecule is CCOC(=O)C=CC=C(Br)c1ccc(C(C)(C)C)cc1. The minimum atomic E-state index is -0.327. The van der Waals surface area contributed by atoms with Crippen molar-refractivity contribution in [2.75, 3.05) is 6.61 Å². The molecule has 0 aromatic heterocycles. The molecule has 0 radical (unpaired) electrons. The highest BCUT2D eigenvalue weighted by Gasteiger charge is 2.12. The molecule has 0 fully saturated rings. The Morgan fingerprint density at radius 3 is 2.35 bits per heavy atom. The van der Waals surface area contributed by atoms with Crippen LogP contribution in [0.15, 0.2) is 42.5 Å². The molecule has 0 bridgehead atoms. The van der Waals surface area contributed by atoms with Crippen molar-refractivity contribution < 1.29 is 9.53 Å². The molecule has 0 spiro atoms. The molecule has 0 aliphatic rings. The smallest absolute Gasteiger partial charge is 0.330 e.